The highest BCUT2D eigenvalue weighted by Gasteiger charge is 2.35. The van der Waals surface area contributed by atoms with Crippen LogP contribution in [0.2, 0.25) is 0 Å². The number of hydrogen-bond donors (Lipinski definition) is 0. The first-order chi connectivity index (χ1) is 11.0. The Kier molecular flexibility index (Phi) is 2.93. The molecule has 2 aliphatic heterocycles. The Morgan fingerprint density at radius 3 is 2.35 bits per heavy atom. The van der Waals surface area contributed by atoms with Gasteiger partial charge in [-0.3, -0.25) is 9.59 Å². The van der Waals surface area contributed by atoms with Crippen LogP contribution in [0.3, 0.4) is 0 Å². The predicted molar refractivity (Wildman–Crippen MR) is 82.3 cm³/mol. The maximum atomic E-state index is 12.8. The number of sulfone groups is 1. The molecule has 1 amide bonds. The minimum atomic E-state index is -3.80. The highest BCUT2D eigenvalue weighted by molar-refractivity contribution is 7.91. The molecule has 4 rings (SSSR count). The van der Waals surface area contributed by atoms with Crippen molar-refractivity contribution < 1.29 is 18.0 Å². The summed E-state index contributed by atoms with van der Waals surface area (Å²) >= 11 is 0. The molecule has 0 N–H and O–H groups in total. The van der Waals surface area contributed by atoms with Gasteiger partial charge in [-0.25, -0.2) is 8.42 Å². The highest BCUT2D eigenvalue weighted by Crippen LogP contribution is 2.35. The van der Waals surface area contributed by atoms with E-state index in [-0.39, 0.29) is 32.6 Å². The van der Waals surface area contributed by atoms with E-state index in [0.717, 1.165) is 6.42 Å². The van der Waals surface area contributed by atoms with Gasteiger partial charge in [0, 0.05) is 29.8 Å². The summed E-state index contributed by atoms with van der Waals surface area (Å²) in [6.45, 7) is 1.37. The van der Waals surface area contributed by atoms with Gasteiger partial charge in [0.2, 0.25) is 9.84 Å². The van der Waals surface area contributed by atoms with E-state index in [0.29, 0.717) is 18.7 Å². The molecule has 2 aromatic rings. The van der Waals surface area contributed by atoms with Crippen LogP contribution >= 0.6 is 0 Å². The third kappa shape index (κ3) is 1.95. The molecule has 0 radical (unpaired) electrons. The maximum absolute atomic E-state index is 12.8. The summed E-state index contributed by atoms with van der Waals surface area (Å²) in [5.41, 5.74) is 0.616. The number of benzene rings is 2. The van der Waals surface area contributed by atoms with Crippen LogP contribution in [0.25, 0.3) is 0 Å². The second-order valence-electron chi connectivity index (χ2n) is 5.69. The van der Waals surface area contributed by atoms with Crippen molar-refractivity contribution in [2.45, 2.75) is 16.2 Å². The fourth-order valence-corrected chi connectivity index (χ4v) is 4.60. The topological polar surface area (TPSA) is 71.5 Å². The van der Waals surface area contributed by atoms with Crippen molar-refractivity contribution in [3.8, 4) is 0 Å². The average molecular weight is 327 g/mol. The van der Waals surface area contributed by atoms with Crippen molar-refractivity contribution >= 4 is 21.5 Å². The Labute approximate surface area is 133 Å². The first-order valence-electron chi connectivity index (χ1n) is 7.32. The van der Waals surface area contributed by atoms with Crippen LogP contribution in [0, 0.1) is 0 Å². The number of fused-ring (bicyclic) bond motifs is 2. The van der Waals surface area contributed by atoms with Gasteiger partial charge in [0.05, 0.1) is 9.79 Å². The molecule has 1 saturated heterocycles. The Hall–Kier alpha value is -2.47. The van der Waals surface area contributed by atoms with Crippen molar-refractivity contribution in [2.24, 2.45) is 0 Å². The van der Waals surface area contributed by atoms with E-state index in [1.807, 2.05) is 0 Å². The Bertz CT molecular complexity index is 958. The normalized spacial score (nSPS) is 17.9. The molecule has 0 unspecified atom stereocenters. The molecule has 6 heteroatoms. The third-order valence-electron chi connectivity index (χ3n) is 4.33. The minimum absolute atomic E-state index is 0.00560. The van der Waals surface area contributed by atoms with Gasteiger partial charge >= 0.3 is 0 Å². The molecule has 0 atom stereocenters. The quantitative estimate of drug-likeness (QED) is 0.684. The number of likely N-dealkylation sites (tertiary alicyclic amines) is 1. The smallest absolute Gasteiger partial charge is 0.253 e. The number of nitrogens with zero attached hydrogens (tertiary/aromatic N) is 1. The molecule has 0 saturated carbocycles. The molecule has 23 heavy (non-hydrogen) atoms. The van der Waals surface area contributed by atoms with Crippen LogP contribution in [0.4, 0.5) is 0 Å². The van der Waals surface area contributed by atoms with E-state index in [1.165, 1.54) is 30.3 Å². The summed E-state index contributed by atoms with van der Waals surface area (Å²) < 4.78 is 25.6. The Morgan fingerprint density at radius 1 is 0.957 bits per heavy atom. The lowest BCUT2D eigenvalue weighted by Crippen LogP contribution is -2.42. The molecule has 0 aromatic heterocycles. The highest BCUT2D eigenvalue weighted by atomic mass is 32.2. The molecule has 0 bridgehead atoms. The lowest BCUT2D eigenvalue weighted by molar-refractivity contribution is 0.0651. The van der Waals surface area contributed by atoms with Crippen LogP contribution in [-0.4, -0.2) is 38.1 Å². The number of ketones is 1. The summed E-state index contributed by atoms with van der Waals surface area (Å²) in [5.74, 6) is -0.520. The number of carbonyl (C=O) groups is 2. The summed E-state index contributed by atoms with van der Waals surface area (Å²) in [4.78, 5) is 26.4. The van der Waals surface area contributed by atoms with Gasteiger partial charge in [0.15, 0.2) is 5.78 Å². The number of rotatable bonds is 1. The van der Waals surface area contributed by atoms with E-state index in [1.54, 1.807) is 17.0 Å². The SMILES string of the molecule is O=C1c2ccccc2S(=O)(=O)c2cc(C(=O)N3CCC3)ccc21. The predicted octanol–water partition coefficient (Wildman–Crippen LogP) is 1.91. The summed E-state index contributed by atoms with van der Waals surface area (Å²) in [6, 6.07) is 10.5. The molecule has 2 aromatic carbocycles. The Balaban J connectivity index is 1.90. The zero-order valence-electron chi connectivity index (χ0n) is 12.2. The fourth-order valence-electron chi connectivity index (χ4n) is 2.92. The molecule has 0 aliphatic carbocycles. The van der Waals surface area contributed by atoms with Crippen molar-refractivity contribution in [3.63, 3.8) is 0 Å². The number of amides is 1. The lowest BCUT2D eigenvalue weighted by Gasteiger charge is -2.31. The van der Waals surface area contributed by atoms with Crippen LogP contribution in [0.5, 0.6) is 0 Å². The third-order valence-corrected chi connectivity index (χ3v) is 6.18. The van der Waals surface area contributed by atoms with Crippen LogP contribution < -0.4 is 0 Å². The lowest BCUT2D eigenvalue weighted by atomic mass is 10.0. The van der Waals surface area contributed by atoms with Crippen LogP contribution in [-0.2, 0) is 9.84 Å². The van der Waals surface area contributed by atoms with Gasteiger partial charge in [0.1, 0.15) is 0 Å². The first kappa shape index (κ1) is 14.1. The van der Waals surface area contributed by atoms with Gasteiger partial charge in [-0.1, -0.05) is 12.1 Å². The summed E-state index contributed by atoms with van der Waals surface area (Å²) in [5, 5.41) is 0. The van der Waals surface area contributed by atoms with Crippen molar-refractivity contribution in [2.75, 3.05) is 13.1 Å². The van der Waals surface area contributed by atoms with Crippen LogP contribution in [0.1, 0.15) is 32.7 Å². The molecular weight excluding hydrogens is 314 g/mol. The van der Waals surface area contributed by atoms with E-state index in [9.17, 15) is 18.0 Å². The number of hydrogen-bond acceptors (Lipinski definition) is 4. The maximum Gasteiger partial charge on any atom is 0.253 e. The van der Waals surface area contributed by atoms with E-state index in [4.69, 9.17) is 0 Å². The average Bonchev–Trinajstić information content (AvgIpc) is 2.51. The second kappa shape index (κ2) is 4.76. The van der Waals surface area contributed by atoms with Crippen molar-refractivity contribution in [3.05, 3.63) is 59.2 Å². The molecule has 2 aliphatic rings. The van der Waals surface area contributed by atoms with Gasteiger partial charge in [-0.05, 0) is 36.8 Å². The van der Waals surface area contributed by atoms with Crippen LogP contribution in [0.15, 0.2) is 52.3 Å². The molecule has 2 heterocycles. The molecular formula is C17H13NO4S. The second-order valence-corrected chi connectivity index (χ2v) is 7.57. The van der Waals surface area contributed by atoms with Gasteiger partial charge in [-0.2, -0.15) is 0 Å². The first-order valence-corrected chi connectivity index (χ1v) is 8.80. The van der Waals surface area contributed by atoms with E-state index < -0.39 is 9.84 Å². The standard InChI is InChI=1S/C17H13NO4S/c19-16-12-4-1-2-5-14(12)23(21,22)15-10-11(6-7-13(15)16)17(20)18-8-3-9-18/h1-2,4-7,10H,3,8-9H2. The van der Waals surface area contributed by atoms with Gasteiger partial charge in [-0.15, -0.1) is 0 Å². The summed E-state index contributed by atoms with van der Waals surface area (Å²) in [6.07, 6.45) is 0.959. The molecule has 5 nitrogen and oxygen atoms in total. The minimum Gasteiger partial charge on any atom is -0.339 e. The zero-order chi connectivity index (χ0) is 16.2. The zero-order valence-corrected chi connectivity index (χ0v) is 13.0. The molecule has 116 valence electrons. The van der Waals surface area contributed by atoms with Crippen molar-refractivity contribution in [1.82, 2.24) is 4.90 Å². The summed E-state index contributed by atoms with van der Waals surface area (Å²) in [7, 11) is -3.80. The molecule has 0 spiro atoms. The molecule has 1 fully saturated rings. The van der Waals surface area contributed by atoms with Gasteiger partial charge < -0.3 is 4.90 Å². The van der Waals surface area contributed by atoms with Gasteiger partial charge in [0.25, 0.3) is 5.91 Å². The fraction of sp³-hybridized carbons (Fsp3) is 0.176. The van der Waals surface area contributed by atoms with Crippen molar-refractivity contribution in [1.29, 1.82) is 0 Å². The number of carbonyl (C=O) groups excluding carboxylic acids is 2. The van der Waals surface area contributed by atoms with E-state index >= 15 is 0 Å². The monoisotopic (exact) mass is 327 g/mol. The largest absolute Gasteiger partial charge is 0.339 e. The van der Waals surface area contributed by atoms with E-state index in [2.05, 4.69) is 0 Å². The Morgan fingerprint density at radius 2 is 1.65 bits per heavy atom.